The summed E-state index contributed by atoms with van der Waals surface area (Å²) < 4.78 is 68.5. The summed E-state index contributed by atoms with van der Waals surface area (Å²) in [5.74, 6) is 2.55. The van der Waals surface area contributed by atoms with Gasteiger partial charge in [0, 0.05) is 51.8 Å². The average Bonchev–Trinajstić information content (AvgIpc) is 3.61. The Kier molecular flexibility index (Phi) is 8.58. The molecular weight excluding hydrogens is 481 g/mol. The monoisotopic (exact) mass is 518 g/mol. The number of piperidine rings is 2. The number of aryl methyl sites for hydroxylation is 1. The number of halogens is 3. The quantitative estimate of drug-likeness (QED) is 0.435. The molecule has 198 valence electrons. The molecule has 1 aliphatic carbocycles. The minimum atomic E-state index is -4.45. The van der Waals surface area contributed by atoms with Crippen molar-refractivity contribution in [3.8, 4) is 0 Å². The van der Waals surface area contributed by atoms with E-state index >= 15 is 0 Å². The van der Waals surface area contributed by atoms with Gasteiger partial charge in [-0.15, -0.1) is 0 Å². The molecule has 1 saturated carbocycles. The smallest absolute Gasteiger partial charge is 0.381 e. The first-order valence-corrected chi connectivity index (χ1v) is 14.4. The minimum Gasteiger partial charge on any atom is -0.381 e. The number of hydrogen-bond donors (Lipinski definition) is 0. The lowest BCUT2D eigenvalue weighted by Gasteiger charge is -2.32. The summed E-state index contributed by atoms with van der Waals surface area (Å²) in [7, 11) is -3.84. The lowest BCUT2D eigenvalue weighted by molar-refractivity contribution is -0.130. The van der Waals surface area contributed by atoms with Crippen molar-refractivity contribution in [1.29, 1.82) is 0 Å². The number of ether oxygens (including phenoxy) is 1. The van der Waals surface area contributed by atoms with Gasteiger partial charge in [0.1, 0.15) is 0 Å². The highest BCUT2D eigenvalue weighted by atomic mass is 32.2. The zero-order chi connectivity index (χ0) is 25.1. The summed E-state index contributed by atoms with van der Waals surface area (Å²) in [6.07, 6.45) is 3.99. The van der Waals surface area contributed by atoms with Gasteiger partial charge < -0.3 is 9.64 Å². The van der Waals surface area contributed by atoms with Crippen molar-refractivity contribution in [2.24, 2.45) is 23.7 Å². The van der Waals surface area contributed by atoms with E-state index in [0.717, 1.165) is 55.4 Å². The Morgan fingerprint density at radius 3 is 2.34 bits per heavy atom. The molecule has 0 unspecified atom stereocenters. The number of aromatic nitrogens is 2. The van der Waals surface area contributed by atoms with Crippen molar-refractivity contribution >= 4 is 16.0 Å². The summed E-state index contributed by atoms with van der Waals surface area (Å²) in [6, 6.07) is 0. The normalized spacial score (nSPS) is 25.2. The standard InChI is InChI=1S/C24H37F3N4O3S/c1-18-15-28-23(29-16-18)30-8-4-20(5-9-30)22-14-21(22)6-12-34-17-19-2-10-31(11-3-19)35(32,33)13-7-24(25,26)27/h15-16,19-22H,2-14,17H2,1H3/t21-,22-/m1/s1. The third-order valence-corrected chi connectivity index (χ3v) is 9.64. The Morgan fingerprint density at radius 1 is 1.06 bits per heavy atom. The molecule has 1 aromatic heterocycles. The third-order valence-electron chi connectivity index (χ3n) is 7.77. The van der Waals surface area contributed by atoms with Crippen LogP contribution in [-0.4, -0.2) is 74.0 Å². The van der Waals surface area contributed by atoms with E-state index in [4.69, 9.17) is 4.74 Å². The van der Waals surface area contributed by atoms with Gasteiger partial charge in [0.25, 0.3) is 0 Å². The van der Waals surface area contributed by atoms with Gasteiger partial charge in [-0.25, -0.2) is 22.7 Å². The van der Waals surface area contributed by atoms with Gasteiger partial charge in [0.15, 0.2) is 0 Å². The minimum absolute atomic E-state index is 0.271. The van der Waals surface area contributed by atoms with Crippen LogP contribution >= 0.6 is 0 Å². The highest BCUT2D eigenvalue weighted by molar-refractivity contribution is 7.89. The van der Waals surface area contributed by atoms with Gasteiger partial charge in [-0.2, -0.15) is 13.2 Å². The van der Waals surface area contributed by atoms with Gasteiger partial charge in [0.2, 0.25) is 16.0 Å². The van der Waals surface area contributed by atoms with E-state index in [1.54, 1.807) is 0 Å². The van der Waals surface area contributed by atoms with Crippen molar-refractivity contribution in [1.82, 2.24) is 14.3 Å². The molecule has 7 nitrogen and oxygen atoms in total. The maximum Gasteiger partial charge on any atom is 0.390 e. The molecule has 35 heavy (non-hydrogen) atoms. The van der Waals surface area contributed by atoms with Crippen LogP contribution in [0, 0.1) is 30.6 Å². The van der Waals surface area contributed by atoms with Crippen molar-refractivity contribution in [2.45, 2.75) is 58.0 Å². The van der Waals surface area contributed by atoms with Crippen LogP contribution < -0.4 is 4.90 Å². The molecule has 2 aliphatic heterocycles. The highest BCUT2D eigenvalue weighted by Gasteiger charge is 2.43. The zero-order valence-electron chi connectivity index (χ0n) is 20.4. The fourth-order valence-electron chi connectivity index (χ4n) is 5.47. The number of hydrogen-bond acceptors (Lipinski definition) is 6. The van der Waals surface area contributed by atoms with Gasteiger partial charge in [-0.1, -0.05) is 0 Å². The van der Waals surface area contributed by atoms with E-state index in [2.05, 4.69) is 14.9 Å². The molecule has 1 aromatic rings. The molecule has 0 radical (unpaired) electrons. The van der Waals surface area contributed by atoms with Crippen molar-refractivity contribution in [3.05, 3.63) is 18.0 Å². The van der Waals surface area contributed by atoms with Crippen LogP contribution in [0.25, 0.3) is 0 Å². The fourth-order valence-corrected chi connectivity index (χ4v) is 6.98. The molecule has 2 atom stereocenters. The predicted octanol–water partition coefficient (Wildman–Crippen LogP) is 4.04. The van der Waals surface area contributed by atoms with Crippen LogP contribution in [0.15, 0.2) is 12.4 Å². The average molecular weight is 519 g/mol. The van der Waals surface area contributed by atoms with Crippen LogP contribution in [0.5, 0.6) is 0 Å². The highest BCUT2D eigenvalue weighted by Crippen LogP contribution is 2.49. The van der Waals surface area contributed by atoms with E-state index in [-0.39, 0.29) is 19.0 Å². The van der Waals surface area contributed by atoms with E-state index in [9.17, 15) is 21.6 Å². The maximum atomic E-state index is 12.4. The van der Waals surface area contributed by atoms with Crippen LogP contribution in [0.1, 0.15) is 50.5 Å². The molecule has 0 N–H and O–H groups in total. The van der Waals surface area contributed by atoms with Gasteiger partial charge in [-0.05, 0) is 74.7 Å². The number of anilines is 1. The van der Waals surface area contributed by atoms with Crippen molar-refractivity contribution in [3.63, 3.8) is 0 Å². The van der Waals surface area contributed by atoms with E-state index in [0.29, 0.717) is 19.4 Å². The Hall–Kier alpha value is -1.46. The van der Waals surface area contributed by atoms with Crippen LogP contribution in [-0.2, 0) is 14.8 Å². The Balaban J connectivity index is 1.07. The number of sulfonamides is 1. The maximum absolute atomic E-state index is 12.4. The van der Waals surface area contributed by atoms with Gasteiger partial charge in [-0.3, -0.25) is 0 Å². The number of nitrogens with zero attached hydrogens (tertiary/aromatic N) is 4. The molecule has 4 rings (SSSR count). The van der Waals surface area contributed by atoms with E-state index in [1.165, 1.54) is 23.6 Å². The summed E-state index contributed by atoms with van der Waals surface area (Å²) in [4.78, 5) is 11.2. The van der Waals surface area contributed by atoms with Gasteiger partial charge >= 0.3 is 6.18 Å². The molecule has 0 bridgehead atoms. The van der Waals surface area contributed by atoms with Crippen molar-refractivity contribution < 1.29 is 26.3 Å². The predicted molar refractivity (Wildman–Crippen MR) is 127 cm³/mol. The summed E-state index contributed by atoms with van der Waals surface area (Å²) >= 11 is 0. The number of rotatable bonds is 10. The topological polar surface area (TPSA) is 75.6 Å². The largest absolute Gasteiger partial charge is 0.390 e. The molecule has 0 amide bonds. The zero-order valence-corrected chi connectivity index (χ0v) is 21.2. The molecule has 0 spiro atoms. The summed E-state index contributed by atoms with van der Waals surface area (Å²) in [5, 5.41) is 0. The number of alkyl halides is 3. The van der Waals surface area contributed by atoms with Crippen LogP contribution in [0.3, 0.4) is 0 Å². The lowest BCUT2D eigenvalue weighted by atomic mass is 9.90. The molecule has 3 aliphatic rings. The molecule has 11 heteroatoms. The second-order valence-electron chi connectivity index (χ2n) is 10.4. The van der Waals surface area contributed by atoms with Crippen LogP contribution in [0.2, 0.25) is 0 Å². The molecule has 3 heterocycles. The van der Waals surface area contributed by atoms with E-state index < -0.39 is 28.4 Å². The molecule has 3 fully saturated rings. The Bertz CT molecular complexity index is 913. The summed E-state index contributed by atoms with van der Waals surface area (Å²) in [5.41, 5.74) is 1.07. The second-order valence-corrected chi connectivity index (χ2v) is 12.5. The fraction of sp³-hybridized carbons (Fsp3) is 0.833. The second kappa shape index (κ2) is 11.3. The first kappa shape index (κ1) is 26.6. The Morgan fingerprint density at radius 2 is 1.71 bits per heavy atom. The van der Waals surface area contributed by atoms with Crippen molar-refractivity contribution in [2.75, 3.05) is 50.0 Å². The van der Waals surface area contributed by atoms with E-state index in [1.807, 2.05) is 19.3 Å². The third kappa shape index (κ3) is 7.76. The lowest BCUT2D eigenvalue weighted by Crippen LogP contribution is -2.41. The Labute approximate surface area is 206 Å². The SMILES string of the molecule is Cc1cnc(N2CCC([C@H]3C[C@H]3CCOCC3CCN(S(=O)(=O)CCC(F)(F)F)CC3)CC2)nc1. The molecular formula is C24H37F3N4O3S. The van der Waals surface area contributed by atoms with Gasteiger partial charge in [0.05, 0.1) is 12.2 Å². The molecule has 0 aromatic carbocycles. The summed E-state index contributed by atoms with van der Waals surface area (Å²) in [6.45, 7) is 5.91. The van der Waals surface area contributed by atoms with Crippen LogP contribution in [0.4, 0.5) is 19.1 Å². The first-order valence-electron chi connectivity index (χ1n) is 12.8. The first-order chi connectivity index (χ1) is 16.6. The molecule has 2 saturated heterocycles.